The molecule has 3 rings (SSSR count). The molecular formula is C15H22N2O. The number of para-hydroxylation sites is 1. The standard InChI is InChI=1S/C15H22N2O/c1-18-14-9-6-8-13-15(14)16-11-12-7-4-2-3-5-10-17(12)13/h6,8-9,12,16H,2-5,7,10-11H2,1H3. The summed E-state index contributed by atoms with van der Waals surface area (Å²) in [5.41, 5.74) is 2.50. The highest BCUT2D eigenvalue weighted by Gasteiger charge is 2.27. The lowest BCUT2D eigenvalue weighted by molar-refractivity contribution is 0.413. The Balaban J connectivity index is 1.94. The SMILES string of the molecule is COc1cccc2c1NCC1CCCCCCN21. The predicted molar refractivity (Wildman–Crippen MR) is 75.7 cm³/mol. The monoisotopic (exact) mass is 246 g/mol. The summed E-state index contributed by atoms with van der Waals surface area (Å²) in [6.45, 7) is 2.24. The molecule has 3 nitrogen and oxygen atoms in total. The van der Waals surface area contributed by atoms with Gasteiger partial charge in [0.05, 0.1) is 12.8 Å². The number of nitrogens with one attached hydrogen (secondary N) is 1. The van der Waals surface area contributed by atoms with Crippen molar-refractivity contribution in [1.29, 1.82) is 0 Å². The Labute approximate surface area is 109 Å². The fourth-order valence-corrected chi connectivity index (χ4v) is 3.21. The molecule has 1 atom stereocenters. The Morgan fingerprint density at radius 1 is 1.22 bits per heavy atom. The van der Waals surface area contributed by atoms with Crippen LogP contribution >= 0.6 is 0 Å². The van der Waals surface area contributed by atoms with E-state index < -0.39 is 0 Å². The van der Waals surface area contributed by atoms with Crippen molar-refractivity contribution >= 4 is 11.4 Å². The molecule has 2 aliphatic heterocycles. The molecule has 1 saturated heterocycles. The van der Waals surface area contributed by atoms with E-state index in [1.807, 2.05) is 6.07 Å². The molecule has 1 aromatic rings. The van der Waals surface area contributed by atoms with Gasteiger partial charge in [0, 0.05) is 19.1 Å². The molecule has 0 aliphatic carbocycles. The zero-order valence-electron chi connectivity index (χ0n) is 11.1. The molecule has 0 radical (unpaired) electrons. The first-order valence-corrected chi connectivity index (χ1v) is 7.07. The molecule has 0 saturated carbocycles. The zero-order chi connectivity index (χ0) is 12.4. The van der Waals surface area contributed by atoms with Crippen LogP contribution in [0.1, 0.15) is 32.1 Å². The summed E-state index contributed by atoms with van der Waals surface area (Å²) in [5.74, 6) is 0.966. The van der Waals surface area contributed by atoms with Gasteiger partial charge >= 0.3 is 0 Å². The van der Waals surface area contributed by atoms with Crippen LogP contribution in [-0.4, -0.2) is 26.2 Å². The number of benzene rings is 1. The molecule has 98 valence electrons. The molecule has 1 fully saturated rings. The van der Waals surface area contributed by atoms with Gasteiger partial charge in [-0.1, -0.05) is 25.3 Å². The van der Waals surface area contributed by atoms with Crippen molar-refractivity contribution in [2.24, 2.45) is 0 Å². The highest BCUT2D eigenvalue weighted by Crippen LogP contribution is 2.40. The Hall–Kier alpha value is -1.38. The largest absolute Gasteiger partial charge is 0.495 e. The van der Waals surface area contributed by atoms with Gasteiger partial charge in [0.25, 0.3) is 0 Å². The van der Waals surface area contributed by atoms with E-state index in [-0.39, 0.29) is 0 Å². The van der Waals surface area contributed by atoms with Crippen molar-refractivity contribution < 1.29 is 4.74 Å². The van der Waals surface area contributed by atoms with Crippen molar-refractivity contribution in [3.8, 4) is 5.75 Å². The first-order chi connectivity index (χ1) is 8.90. The maximum atomic E-state index is 5.46. The van der Waals surface area contributed by atoms with Crippen LogP contribution in [0.3, 0.4) is 0 Å². The second kappa shape index (κ2) is 5.09. The van der Waals surface area contributed by atoms with Gasteiger partial charge in [-0.15, -0.1) is 0 Å². The smallest absolute Gasteiger partial charge is 0.144 e. The summed E-state index contributed by atoms with van der Waals surface area (Å²) in [7, 11) is 1.75. The molecule has 0 bridgehead atoms. The third kappa shape index (κ3) is 2.02. The molecule has 0 spiro atoms. The summed E-state index contributed by atoms with van der Waals surface area (Å²) in [4.78, 5) is 2.59. The topological polar surface area (TPSA) is 24.5 Å². The molecule has 0 amide bonds. The van der Waals surface area contributed by atoms with Gasteiger partial charge in [0.1, 0.15) is 11.4 Å². The number of fused-ring (bicyclic) bond motifs is 3. The first-order valence-electron chi connectivity index (χ1n) is 7.07. The van der Waals surface area contributed by atoms with E-state index in [1.165, 1.54) is 50.0 Å². The van der Waals surface area contributed by atoms with E-state index in [1.54, 1.807) is 7.11 Å². The van der Waals surface area contributed by atoms with Crippen LogP contribution in [0.15, 0.2) is 18.2 Å². The second-order valence-electron chi connectivity index (χ2n) is 5.29. The number of anilines is 2. The van der Waals surface area contributed by atoms with Gasteiger partial charge in [0.15, 0.2) is 0 Å². The van der Waals surface area contributed by atoms with Crippen LogP contribution in [0, 0.1) is 0 Å². The van der Waals surface area contributed by atoms with Crippen LogP contribution in [0.5, 0.6) is 5.75 Å². The Morgan fingerprint density at radius 3 is 3.00 bits per heavy atom. The van der Waals surface area contributed by atoms with Crippen molar-refractivity contribution in [3.63, 3.8) is 0 Å². The minimum atomic E-state index is 0.657. The van der Waals surface area contributed by atoms with Gasteiger partial charge < -0.3 is 15.0 Å². The van der Waals surface area contributed by atoms with Gasteiger partial charge in [-0.2, -0.15) is 0 Å². The fourth-order valence-electron chi connectivity index (χ4n) is 3.21. The quantitative estimate of drug-likeness (QED) is 0.823. The fraction of sp³-hybridized carbons (Fsp3) is 0.600. The van der Waals surface area contributed by atoms with E-state index in [9.17, 15) is 0 Å². The molecule has 3 heteroatoms. The first kappa shape index (κ1) is 11.7. The molecule has 1 unspecified atom stereocenters. The maximum absolute atomic E-state index is 5.46. The Bertz CT molecular complexity index is 419. The average Bonchev–Trinajstić information content (AvgIpc) is 2.38. The second-order valence-corrected chi connectivity index (χ2v) is 5.29. The van der Waals surface area contributed by atoms with E-state index in [0.717, 1.165) is 12.3 Å². The van der Waals surface area contributed by atoms with E-state index in [2.05, 4.69) is 22.3 Å². The third-order valence-electron chi connectivity index (χ3n) is 4.18. The minimum absolute atomic E-state index is 0.657. The van der Waals surface area contributed by atoms with Crippen molar-refractivity contribution in [2.45, 2.75) is 38.1 Å². The lowest BCUT2D eigenvalue weighted by Crippen LogP contribution is -2.45. The summed E-state index contributed by atoms with van der Waals surface area (Å²) >= 11 is 0. The van der Waals surface area contributed by atoms with Gasteiger partial charge in [-0.3, -0.25) is 0 Å². The number of methoxy groups -OCH3 is 1. The molecule has 0 aromatic heterocycles. The van der Waals surface area contributed by atoms with Crippen LogP contribution in [0.4, 0.5) is 11.4 Å². The summed E-state index contributed by atoms with van der Waals surface area (Å²) in [6, 6.07) is 7.01. The van der Waals surface area contributed by atoms with E-state index >= 15 is 0 Å². The predicted octanol–water partition coefficient (Wildman–Crippen LogP) is 3.26. The highest BCUT2D eigenvalue weighted by atomic mass is 16.5. The van der Waals surface area contributed by atoms with Crippen molar-refractivity contribution in [2.75, 3.05) is 30.4 Å². The van der Waals surface area contributed by atoms with Gasteiger partial charge in [-0.05, 0) is 25.0 Å². The summed E-state index contributed by atoms with van der Waals surface area (Å²) in [6.07, 6.45) is 6.75. The molecule has 2 heterocycles. The number of nitrogens with zero attached hydrogens (tertiary/aromatic N) is 1. The van der Waals surface area contributed by atoms with Crippen LogP contribution in [0.25, 0.3) is 0 Å². The molecule has 1 aromatic carbocycles. The molecule has 2 aliphatic rings. The Morgan fingerprint density at radius 2 is 2.11 bits per heavy atom. The number of hydrogen-bond donors (Lipinski definition) is 1. The molecule has 18 heavy (non-hydrogen) atoms. The zero-order valence-corrected chi connectivity index (χ0v) is 11.1. The minimum Gasteiger partial charge on any atom is -0.495 e. The summed E-state index contributed by atoms with van der Waals surface area (Å²) < 4.78 is 5.46. The van der Waals surface area contributed by atoms with E-state index in [4.69, 9.17) is 4.74 Å². The normalized spacial score (nSPS) is 23.2. The van der Waals surface area contributed by atoms with Crippen molar-refractivity contribution in [1.82, 2.24) is 0 Å². The molecular weight excluding hydrogens is 224 g/mol. The Kier molecular flexibility index (Phi) is 3.31. The molecule has 1 N–H and O–H groups in total. The van der Waals surface area contributed by atoms with Crippen LogP contribution in [0.2, 0.25) is 0 Å². The van der Waals surface area contributed by atoms with Crippen LogP contribution in [-0.2, 0) is 0 Å². The lowest BCUT2D eigenvalue weighted by atomic mass is 9.98. The van der Waals surface area contributed by atoms with Crippen LogP contribution < -0.4 is 15.0 Å². The summed E-state index contributed by atoms with van der Waals surface area (Å²) in [5, 5.41) is 3.56. The number of rotatable bonds is 1. The third-order valence-corrected chi connectivity index (χ3v) is 4.18. The van der Waals surface area contributed by atoms with Crippen molar-refractivity contribution in [3.05, 3.63) is 18.2 Å². The number of hydrogen-bond acceptors (Lipinski definition) is 3. The average molecular weight is 246 g/mol. The maximum Gasteiger partial charge on any atom is 0.144 e. The van der Waals surface area contributed by atoms with E-state index in [0.29, 0.717) is 6.04 Å². The number of ether oxygens (including phenoxy) is 1. The van der Waals surface area contributed by atoms with Gasteiger partial charge in [0.2, 0.25) is 0 Å². The van der Waals surface area contributed by atoms with Gasteiger partial charge in [-0.25, -0.2) is 0 Å². The highest BCUT2D eigenvalue weighted by molar-refractivity contribution is 5.78. The lowest BCUT2D eigenvalue weighted by Gasteiger charge is -2.41.